The van der Waals surface area contributed by atoms with E-state index in [2.05, 4.69) is 15.3 Å². The zero-order valence-corrected chi connectivity index (χ0v) is 14.8. The van der Waals surface area contributed by atoms with E-state index in [-0.39, 0.29) is 6.61 Å². The Morgan fingerprint density at radius 2 is 1.75 bits per heavy atom. The van der Waals surface area contributed by atoms with Gasteiger partial charge in [0.2, 0.25) is 0 Å². The lowest BCUT2D eigenvalue weighted by atomic mass is 10.2. The van der Waals surface area contributed by atoms with Crippen LogP contribution in [0.2, 0.25) is 0 Å². The van der Waals surface area contributed by atoms with E-state index in [1.807, 2.05) is 60.7 Å². The maximum atomic E-state index is 12.1. The minimum absolute atomic E-state index is 0.218. The molecule has 3 aromatic carbocycles. The number of H-pyrrole nitrogens is 1. The fraction of sp³-hybridized carbons (Fsp3) is 0.0455. The number of carbonyl (C=O) groups excluding carboxylic acids is 1. The Bertz CT molecular complexity index is 1310. The Kier molecular flexibility index (Phi) is 3.87. The van der Waals surface area contributed by atoms with Gasteiger partial charge in [0.25, 0.3) is 0 Å². The number of rotatable bonds is 3. The molecule has 0 saturated heterocycles. The Labute approximate surface area is 160 Å². The summed E-state index contributed by atoms with van der Waals surface area (Å²) in [6.07, 6.45) is -0.510. The Morgan fingerprint density at radius 3 is 2.64 bits per heavy atom. The second-order valence-electron chi connectivity index (χ2n) is 6.48. The molecule has 5 rings (SSSR count). The number of fused-ring (bicyclic) bond motifs is 4. The summed E-state index contributed by atoms with van der Waals surface area (Å²) in [6, 6.07) is 22.9. The average molecular weight is 368 g/mol. The van der Waals surface area contributed by atoms with Crippen LogP contribution in [0, 0.1) is 0 Å². The van der Waals surface area contributed by atoms with Crippen LogP contribution in [-0.4, -0.2) is 21.0 Å². The monoisotopic (exact) mass is 368 g/mol. The zero-order valence-electron chi connectivity index (χ0n) is 14.8. The first-order valence-electron chi connectivity index (χ1n) is 8.92. The summed E-state index contributed by atoms with van der Waals surface area (Å²) < 4.78 is 5.27. The van der Waals surface area contributed by atoms with Crippen molar-refractivity contribution in [1.82, 2.24) is 15.0 Å². The van der Waals surface area contributed by atoms with Crippen molar-refractivity contribution in [3.8, 4) is 0 Å². The number of anilines is 1. The minimum atomic E-state index is -0.510. The van der Waals surface area contributed by atoms with Crippen LogP contribution in [-0.2, 0) is 11.3 Å². The van der Waals surface area contributed by atoms with Gasteiger partial charge < -0.3 is 9.72 Å². The molecule has 1 amide bonds. The summed E-state index contributed by atoms with van der Waals surface area (Å²) in [7, 11) is 0. The van der Waals surface area contributed by atoms with Crippen molar-refractivity contribution in [2.24, 2.45) is 0 Å². The van der Waals surface area contributed by atoms with Crippen LogP contribution in [0.5, 0.6) is 0 Å². The van der Waals surface area contributed by atoms with Gasteiger partial charge in [-0.25, -0.2) is 14.8 Å². The topological polar surface area (TPSA) is 79.9 Å². The first kappa shape index (κ1) is 16.3. The summed E-state index contributed by atoms with van der Waals surface area (Å²) in [5.41, 5.74) is 5.56. The highest BCUT2D eigenvalue weighted by atomic mass is 16.5. The number of benzene rings is 3. The molecule has 0 aliphatic rings. The molecule has 0 spiro atoms. The molecule has 2 heterocycles. The van der Waals surface area contributed by atoms with Crippen molar-refractivity contribution in [3.63, 3.8) is 0 Å². The third kappa shape index (κ3) is 3.01. The Morgan fingerprint density at radius 1 is 0.929 bits per heavy atom. The van der Waals surface area contributed by atoms with Gasteiger partial charge in [0.05, 0.1) is 11.0 Å². The average Bonchev–Trinajstić information content (AvgIpc) is 3.09. The van der Waals surface area contributed by atoms with Crippen LogP contribution in [0.3, 0.4) is 0 Å². The lowest BCUT2D eigenvalue weighted by molar-refractivity contribution is 0.155. The van der Waals surface area contributed by atoms with E-state index in [4.69, 9.17) is 9.72 Å². The summed E-state index contributed by atoms with van der Waals surface area (Å²) in [5, 5.41) is 3.77. The molecule has 6 heteroatoms. The maximum absolute atomic E-state index is 12.1. The number of aromatic nitrogens is 3. The lowest BCUT2D eigenvalue weighted by Crippen LogP contribution is -2.13. The van der Waals surface area contributed by atoms with Crippen molar-refractivity contribution in [2.75, 3.05) is 5.32 Å². The fourth-order valence-electron chi connectivity index (χ4n) is 3.21. The molecule has 0 aliphatic heterocycles. The Balaban J connectivity index is 1.41. The highest BCUT2D eigenvalue weighted by Gasteiger charge is 2.10. The number of nitrogens with one attached hydrogen (secondary N) is 2. The molecule has 0 saturated carbocycles. The standard InChI is InChI=1S/C22H16N4O2/c27-22(28-13-14-6-2-1-3-7-14)23-15-10-11-18-19(12-15)24-20-16-8-4-5-9-17(16)25-21(20)26-18/h1-12H,13H2,(H,23,27)(H,25,26). The van der Waals surface area contributed by atoms with Crippen LogP contribution in [0.15, 0.2) is 72.8 Å². The maximum Gasteiger partial charge on any atom is 0.411 e. The molecule has 0 unspecified atom stereocenters. The van der Waals surface area contributed by atoms with E-state index in [1.165, 1.54) is 0 Å². The molecule has 0 aliphatic carbocycles. The van der Waals surface area contributed by atoms with Gasteiger partial charge >= 0.3 is 6.09 Å². The largest absolute Gasteiger partial charge is 0.444 e. The number of carbonyl (C=O) groups is 1. The van der Waals surface area contributed by atoms with Gasteiger partial charge in [0.1, 0.15) is 12.1 Å². The highest BCUT2D eigenvalue weighted by molar-refractivity contribution is 6.05. The van der Waals surface area contributed by atoms with Crippen LogP contribution in [0.4, 0.5) is 10.5 Å². The predicted octanol–water partition coefficient (Wildman–Crippen LogP) is 5.01. The summed E-state index contributed by atoms with van der Waals surface area (Å²) in [4.78, 5) is 24.8. The summed E-state index contributed by atoms with van der Waals surface area (Å²) >= 11 is 0. The number of ether oxygens (including phenoxy) is 1. The minimum Gasteiger partial charge on any atom is -0.444 e. The molecule has 2 aromatic heterocycles. The SMILES string of the molecule is O=C(Nc1ccc2nc3[nH]c4ccccc4c3nc2c1)OCc1ccccc1. The van der Waals surface area contributed by atoms with Gasteiger partial charge in [-0.15, -0.1) is 0 Å². The van der Waals surface area contributed by atoms with Crippen LogP contribution in [0.25, 0.3) is 33.1 Å². The first-order valence-corrected chi connectivity index (χ1v) is 8.92. The van der Waals surface area contributed by atoms with Crippen LogP contribution >= 0.6 is 0 Å². The fourth-order valence-corrected chi connectivity index (χ4v) is 3.21. The van der Waals surface area contributed by atoms with Crippen molar-refractivity contribution < 1.29 is 9.53 Å². The molecule has 0 atom stereocenters. The van der Waals surface area contributed by atoms with E-state index >= 15 is 0 Å². The van der Waals surface area contributed by atoms with E-state index < -0.39 is 6.09 Å². The van der Waals surface area contributed by atoms with E-state index in [1.54, 1.807) is 12.1 Å². The molecular formula is C22H16N4O2. The van der Waals surface area contributed by atoms with E-state index in [9.17, 15) is 4.79 Å². The molecular weight excluding hydrogens is 352 g/mol. The molecule has 6 nitrogen and oxygen atoms in total. The zero-order chi connectivity index (χ0) is 18.9. The summed E-state index contributed by atoms with van der Waals surface area (Å²) in [5.74, 6) is 0. The van der Waals surface area contributed by atoms with Gasteiger partial charge in [0, 0.05) is 16.6 Å². The smallest absolute Gasteiger partial charge is 0.411 e. The molecule has 0 fully saturated rings. The first-order chi connectivity index (χ1) is 13.8. The van der Waals surface area contributed by atoms with E-state index in [0.717, 1.165) is 33.1 Å². The van der Waals surface area contributed by atoms with Crippen molar-refractivity contribution >= 4 is 44.9 Å². The van der Waals surface area contributed by atoms with Gasteiger partial charge in [-0.05, 0) is 29.8 Å². The van der Waals surface area contributed by atoms with Crippen LogP contribution in [0.1, 0.15) is 5.56 Å². The molecule has 5 aromatic rings. The Hall–Kier alpha value is -3.93. The molecule has 28 heavy (non-hydrogen) atoms. The normalized spacial score (nSPS) is 11.1. The quantitative estimate of drug-likeness (QED) is 0.469. The van der Waals surface area contributed by atoms with Crippen molar-refractivity contribution in [1.29, 1.82) is 0 Å². The summed E-state index contributed by atoms with van der Waals surface area (Å²) in [6.45, 7) is 0.218. The van der Waals surface area contributed by atoms with Crippen molar-refractivity contribution in [2.45, 2.75) is 6.61 Å². The lowest BCUT2D eigenvalue weighted by Gasteiger charge is -2.08. The molecule has 0 bridgehead atoms. The number of hydrogen-bond acceptors (Lipinski definition) is 4. The van der Waals surface area contributed by atoms with Crippen molar-refractivity contribution in [3.05, 3.63) is 78.4 Å². The van der Waals surface area contributed by atoms with Crippen LogP contribution < -0.4 is 5.32 Å². The number of amides is 1. The number of para-hydroxylation sites is 1. The van der Waals surface area contributed by atoms with E-state index in [0.29, 0.717) is 11.2 Å². The number of nitrogens with zero attached hydrogens (tertiary/aromatic N) is 2. The highest BCUT2D eigenvalue weighted by Crippen LogP contribution is 2.25. The van der Waals surface area contributed by atoms with Gasteiger partial charge in [0.15, 0.2) is 5.65 Å². The predicted molar refractivity (Wildman–Crippen MR) is 109 cm³/mol. The second kappa shape index (κ2) is 6.66. The number of hydrogen-bond donors (Lipinski definition) is 2. The third-order valence-corrected chi connectivity index (χ3v) is 4.56. The van der Waals surface area contributed by atoms with Gasteiger partial charge in [-0.1, -0.05) is 48.5 Å². The second-order valence-corrected chi connectivity index (χ2v) is 6.48. The number of aromatic amines is 1. The molecule has 2 N–H and O–H groups in total. The molecule has 136 valence electrons. The van der Waals surface area contributed by atoms with Gasteiger partial charge in [-0.2, -0.15) is 0 Å². The van der Waals surface area contributed by atoms with Gasteiger partial charge in [-0.3, -0.25) is 5.32 Å². The molecule has 0 radical (unpaired) electrons. The third-order valence-electron chi connectivity index (χ3n) is 4.56.